The molecule has 1 aliphatic rings. The highest BCUT2D eigenvalue weighted by Crippen LogP contribution is 2.28. The largest absolute Gasteiger partial charge is 0.492 e. The Balaban J connectivity index is 1.83. The van der Waals surface area contributed by atoms with E-state index < -0.39 is 0 Å². The van der Waals surface area contributed by atoms with Gasteiger partial charge in [-0.1, -0.05) is 6.07 Å². The molecule has 0 radical (unpaired) electrons. The third-order valence-electron chi connectivity index (χ3n) is 4.48. The molecule has 0 atom stereocenters. The van der Waals surface area contributed by atoms with E-state index in [9.17, 15) is 4.79 Å². The molecule has 3 heterocycles. The second kappa shape index (κ2) is 6.76. The van der Waals surface area contributed by atoms with Crippen molar-refractivity contribution < 1.29 is 9.53 Å². The molecular formula is C19H21N5O2. The number of hydrogen-bond acceptors (Lipinski definition) is 5. The summed E-state index contributed by atoms with van der Waals surface area (Å²) in [6.45, 7) is 4.70. The van der Waals surface area contributed by atoms with Crippen molar-refractivity contribution in [2.45, 2.75) is 6.92 Å². The van der Waals surface area contributed by atoms with Crippen LogP contribution in [0.1, 0.15) is 16.1 Å². The Morgan fingerprint density at radius 2 is 2.12 bits per heavy atom. The van der Waals surface area contributed by atoms with Crippen molar-refractivity contribution in [3.63, 3.8) is 0 Å². The van der Waals surface area contributed by atoms with Crippen molar-refractivity contribution in [3.05, 3.63) is 47.9 Å². The zero-order chi connectivity index (χ0) is 18.1. The molecule has 26 heavy (non-hydrogen) atoms. The Labute approximate surface area is 151 Å². The van der Waals surface area contributed by atoms with E-state index in [4.69, 9.17) is 4.74 Å². The maximum Gasteiger partial charge on any atom is 0.270 e. The average molecular weight is 351 g/mol. The zero-order valence-electron chi connectivity index (χ0n) is 14.9. The van der Waals surface area contributed by atoms with E-state index in [1.807, 2.05) is 26.1 Å². The van der Waals surface area contributed by atoms with Crippen LogP contribution in [0.4, 0.5) is 0 Å². The van der Waals surface area contributed by atoms with Gasteiger partial charge in [0.05, 0.1) is 6.20 Å². The molecule has 0 unspecified atom stereocenters. The topological polar surface area (TPSA) is 71.8 Å². The second-order valence-electron chi connectivity index (χ2n) is 6.58. The molecule has 1 aromatic carbocycles. The number of ether oxygens (including phenoxy) is 1. The third-order valence-corrected chi connectivity index (χ3v) is 4.48. The third kappa shape index (κ3) is 3.25. The maximum absolute atomic E-state index is 12.4. The number of rotatable bonds is 0. The van der Waals surface area contributed by atoms with Crippen molar-refractivity contribution in [1.82, 2.24) is 24.8 Å². The van der Waals surface area contributed by atoms with Crippen LogP contribution < -0.4 is 10.1 Å². The van der Waals surface area contributed by atoms with Crippen LogP contribution in [-0.4, -0.2) is 58.7 Å². The fourth-order valence-electron chi connectivity index (χ4n) is 3.07. The van der Waals surface area contributed by atoms with Gasteiger partial charge in [-0.2, -0.15) is 5.10 Å². The summed E-state index contributed by atoms with van der Waals surface area (Å²) in [5, 5.41) is 7.28. The van der Waals surface area contributed by atoms with E-state index in [1.165, 1.54) is 0 Å². The molecule has 0 aliphatic carbocycles. The minimum atomic E-state index is -0.177. The zero-order valence-corrected chi connectivity index (χ0v) is 14.9. The number of amides is 1. The van der Waals surface area contributed by atoms with Gasteiger partial charge in [-0.3, -0.25) is 4.79 Å². The van der Waals surface area contributed by atoms with E-state index >= 15 is 0 Å². The van der Waals surface area contributed by atoms with E-state index in [-0.39, 0.29) is 5.91 Å². The number of likely N-dealkylation sites (N-methyl/N-ethyl adjacent to an activating group) is 1. The molecule has 134 valence electrons. The van der Waals surface area contributed by atoms with Crippen LogP contribution in [0.2, 0.25) is 0 Å². The van der Waals surface area contributed by atoms with Crippen LogP contribution in [0.25, 0.3) is 16.8 Å². The maximum atomic E-state index is 12.4. The Morgan fingerprint density at radius 1 is 1.23 bits per heavy atom. The first-order chi connectivity index (χ1) is 12.6. The fraction of sp³-hybridized carbons (Fsp3) is 0.316. The van der Waals surface area contributed by atoms with Gasteiger partial charge in [0.1, 0.15) is 18.1 Å². The van der Waals surface area contributed by atoms with Crippen LogP contribution >= 0.6 is 0 Å². The highest BCUT2D eigenvalue weighted by Gasteiger charge is 2.14. The molecule has 7 nitrogen and oxygen atoms in total. The first kappa shape index (κ1) is 16.5. The predicted molar refractivity (Wildman–Crippen MR) is 98.5 cm³/mol. The second-order valence-corrected chi connectivity index (χ2v) is 6.58. The summed E-state index contributed by atoms with van der Waals surface area (Å²) in [5.74, 6) is 0.650. The minimum Gasteiger partial charge on any atom is -0.492 e. The van der Waals surface area contributed by atoms with Gasteiger partial charge in [-0.05, 0) is 43.3 Å². The lowest BCUT2D eigenvalue weighted by molar-refractivity contribution is 0.0944. The molecular weight excluding hydrogens is 330 g/mol. The van der Waals surface area contributed by atoms with Gasteiger partial charge in [0.2, 0.25) is 0 Å². The summed E-state index contributed by atoms with van der Waals surface area (Å²) >= 11 is 0. The molecule has 7 heteroatoms. The van der Waals surface area contributed by atoms with Gasteiger partial charge in [0, 0.05) is 31.4 Å². The number of nitrogens with zero attached hydrogens (tertiary/aromatic N) is 4. The van der Waals surface area contributed by atoms with Crippen molar-refractivity contribution in [2.75, 3.05) is 33.3 Å². The van der Waals surface area contributed by atoms with E-state index in [0.29, 0.717) is 24.5 Å². The molecule has 0 saturated carbocycles. The Morgan fingerprint density at radius 3 is 3.00 bits per heavy atom. The number of carbonyl (C=O) groups is 1. The summed E-state index contributed by atoms with van der Waals surface area (Å²) in [4.78, 5) is 19.1. The quantitative estimate of drug-likeness (QED) is 0.668. The van der Waals surface area contributed by atoms with Crippen LogP contribution in [-0.2, 0) is 0 Å². The van der Waals surface area contributed by atoms with Crippen LogP contribution in [0.3, 0.4) is 0 Å². The first-order valence-corrected chi connectivity index (χ1v) is 8.66. The average Bonchev–Trinajstić information content (AvgIpc) is 3.03. The molecule has 0 saturated heterocycles. The van der Waals surface area contributed by atoms with Gasteiger partial charge < -0.3 is 15.0 Å². The van der Waals surface area contributed by atoms with Gasteiger partial charge in [0.25, 0.3) is 5.91 Å². The molecule has 3 aromatic rings. The number of benzene rings is 1. The van der Waals surface area contributed by atoms with Crippen molar-refractivity contribution >= 4 is 11.6 Å². The number of fused-ring (bicyclic) bond motifs is 4. The summed E-state index contributed by atoms with van der Waals surface area (Å²) < 4.78 is 7.63. The van der Waals surface area contributed by atoms with Crippen LogP contribution in [0.15, 0.2) is 36.7 Å². The standard InChI is InChI=1S/C19H21N5O2/c1-13-9-14-11-15(10-13)26-8-7-23(2)6-4-20-19(25)17-3-5-24-18(22-17)16(14)12-21-24/h3,5,9-12H,4,6-8H2,1-2H3,(H,20,25). The number of aromatic nitrogens is 3. The summed E-state index contributed by atoms with van der Waals surface area (Å²) in [7, 11) is 2.01. The summed E-state index contributed by atoms with van der Waals surface area (Å²) in [6.07, 6.45) is 3.53. The molecule has 4 bridgehead atoms. The fourth-order valence-corrected chi connectivity index (χ4v) is 3.07. The molecule has 1 amide bonds. The minimum absolute atomic E-state index is 0.177. The molecule has 0 fully saturated rings. The Hall–Kier alpha value is -2.93. The Bertz CT molecular complexity index is 966. The van der Waals surface area contributed by atoms with Gasteiger partial charge >= 0.3 is 0 Å². The van der Waals surface area contributed by atoms with Crippen molar-refractivity contribution in [1.29, 1.82) is 0 Å². The molecule has 2 aromatic heterocycles. The van der Waals surface area contributed by atoms with Crippen LogP contribution in [0.5, 0.6) is 5.75 Å². The van der Waals surface area contributed by atoms with Crippen molar-refractivity contribution in [3.8, 4) is 16.9 Å². The summed E-state index contributed by atoms with van der Waals surface area (Å²) in [5.41, 5.74) is 3.99. The Kier molecular flexibility index (Phi) is 4.30. The molecule has 1 N–H and O–H groups in total. The normalized spacial score (nSPS) is 16.0. The number of nitrogens with one attached hydrogen (secondary N) is 1. The highest BCUT2D eigenvalue weighted by atomic mass is 16.5. The van der Waals surface area contributed by atoms with E-state index in [2.05, 4.69) is 26.4 Å². The summed E-state index contributed by atoms with van der Waals surface area (Å²) in [6, 6.07) is 7.78. The number of hydrogen-bond donors (Lipinski definition) is 1. The predicted octanol–water partition coefficient (Wildman–Crippen LogP) is 1.76. The van der Waals surface area contributed by atoms with Crippen LogP contribution in [0, 0.1) is 6.92 Å². The van der Waals surface area contributed by atoms with E-state index in [1.54, 1.807) is 23.0 Å². The lowest BCUT2D eigenvalue weighted by atomic mass is 10.1. The lowest BCUT2D eigenvalue weighted by Gasteiger charge is -2.17. The number of carbonyl (C=O) groups excluding carboxylic acids is 1. The number of aryl methyl sites for hydroxylation is 1. The lowest BCUT2D eigenvalue weighted by Crippen LogP contribution is -2.35. The van der Waals surface area contributed by atoms with E-state index in [0.717, 1.165) is 35.5 Å². The SMILES string of the molecule is Cc1cc2cc(c1)-c1cnn3ccc(nc13)C(=O)NCCN(C)CCO2. The van der Waals surface area contributed by atoms with Gasteiger partial charge in [-0.25, -0.2) is 9.50 Å². The molecule has 4 rings (SSSR count). The smallest absolute Gasteiger partial charge is 0.270 e. The molecule has 0 spiro atoms. The highest BCUT2D eigenvalue weighted by molar-refractivity contribution is 5.93. The van der Waals surface area contributed by atoms with Gasteiger partial charge in [0.15, 0.2) is 5.65 Å². The molecule has 1 aliphatic heterocycles. The van der Waals surface area contributed by atoms with Crippen molar-refractivity contribution in [2.24, 2.45) is 0 Å². The van der Waals surface area contributed by atoms with Gasteiger partial charge in [-0.15, -0.1) is 0 Å². The monoisotopic (exact) mass is 351 g/mol. The first-order valence-electron chi connectivity index (χ1n) is 8.66.